The zero-order chi connectivity index (χ0) is 11.4. The van der Waals surface area contributed by atoms with E-state index in [1.807, 2.05) is 12.1 Å². The van der Waals surface area contributed by atoms with Gasteiger partial charge >= 0.3 is 0 Å². The maximum Gasteiger partial charge on any atom is 0.126 e. The van der Waals surface area contributed by atoms with Gasteiger partial charge in [-0.2, -0.15) is 0 Å². The molecule has 16 heavy (non-hydrogen) atoms. The molecular formula is C14H20FN. The van der Waals surface area contributed by atoms with Gasteiger partial charge < -0.3 is 5.32 Å². The average molecular weight is 221 g/mol. The van der Waals surface area contributed by atoms with Crippen molar-refractivity contribution in [1.82, 2.24) is 5.32 Å². The van der Waals surface area contributed by atoms with Gasteiger partial charge in [-0.25, -0.2) is 4.39 Å². The van der Waals surface area contributed by atoms with E-state index in [1.165, 1.54) is 25.3 Å². The predicted molar refractivity (Wildman–Crippen MR) is 64.9 cm³/mol. The molecular weight excluding hydrogens is 201 g/mol. The van der Waals surface area contributed by atoms with Crippen LogP contribution in [0, 0.1) is 11.7 Å². The number of halogens is 1. The Hall–Kier alpha value is -0.890. The van der Waals surface area contributed by atoms with Crippen molar-refractivity contribution in [2.24, 2.45) is 5.92 Å². The Balaban J connectivity index is 1.73. The minimum Gasteiger partial charge on any atom is -0.314 e. The van der Waals surface area contributed by atoms with Crippen LogP contribution in [0.4, 0.5) is 4.39 Å². The van der Waals surface area contributed by atoms with Crippen LogP contribution in [0.3, 0.4) is 0 Å². The topological polar surface area (TPSA) is 12.0 Å². The minimum atomic E-state index is -0.0849. The number of benzene rings is 1. The van der Waals surface area contributed by atoms with E-state index in [4.69, 9.17) is 0 Å². The van der Waals surface area contributed by atoms with Crippen molar-refractivity contribution in [3.05, 3.63) is 35.6 Å². The van der Waals surface area contributed by atoms with E-state index in [0.717, 1.165) is 24.4 Å². The molecule has 0 amide bonds. The highest BCUT2D eigenvalue weighted by atomic mass is 19.1. The molecule has 88 valence electrons. The first-order valence-corrected chi connectivity index (χ1v) is 6.22. The van der Waals surface area contributed by atoms with Crippen LogP contribution in [0.25, 0.3) is 0 Å². The SMILES string of the molecule is CC(Cc1ccccc1F)NCCC1CC1. The van der Waals surface area contributed by atoms with Crippen molar-refractivity contribution < 1.29 is 4.39 Å². The molecule has 1 fully saturated rings. The monoisotopic (exact) mass is 221 g/mol. The molecule has 0 radical (unpaired) electrons. The smallest absolute Gasteiger partial charge is 0.126 e. The van der Waals surface area contributed by atoms with Gasteiger partial charge in [0.05, 0.1) is 0 Å². The van der Waals surface area contributed by atoms with E-state index in [-0.39, 0.29) is 5.82 Å². The number of hydrogen-bond donors (Lipinski definition) is 1. The molecule has 1 saturated carbocycles. The Kier molecular flexibility index (Phi) is 3.94. The fourth-order valence-corrected chi connectivity index (χ4v) is 2.01. The molecule has 1 atom stereocenters. The highest BCUT2D eigenvalue weighted by Crippen LogP contribution is 2.31. The maximum absolute atomic E-state index is 13.4. The van der Waals surface area contributed by atoms with Crippen molar-refractivity contribution in [1.29, 1.82) is 0 Å². The highest BCUT2D eigenvalue weighted by molar-refractivity contribution is 5.18. The van der Waals surface area contributed by atoms with Gasteiger partial charge in [0, 0.05) is 6.04 Å². The van der Waals surface area contributed by atoms with Gasteiger partial charge in [0.2, 0.25) is 0 Å². The second kappa shape index (κ2) is 5.44. The quantitative estimate of drug-likeness (QED) is 0.778. The summed E-state index contributed by atoms with van der Waals surface area (Å²) in [5, 5.41) is 3.46. The van der Waals surface area contributed by atoms with E-state index in [0.29, 0.717) is 6.04 Å². The van der Waals surface area contributed by atoms with Crippen LogP contribution in [-0.2, 0) is 6.42 Å². The summed E-state index contributed by atoms with van der Waals surface area (Å²) in [5.74, 6) is 0.881. The van der Waals surface area contributed by atoms with Gasteiger partial charge in [-0.1, -0.05) is 31.0 Å². The normalized spacial score (nSPS) is 17.4. The molecule has 1 N–H and O–H groups in total. The fourth-order valence-electron chi connectivity index (χ4n) is 2.01. The molecule has 0 heterocycles. The average Bonchev–Trinajstić information content (AvgIpc) is 3.05. The lowest BCUT2D eigenvalue weighted by atomic mass is 10.1. The second-order valence-corrected chi connectivity index (χ2v) is 4.88. The van der Waals surface area contributed by atoms with Crippen LogP contribution in [-0.4, -0.2) is 12.6 Å². The number of rotatable bonds is 6. The van der Waals surface area contributed by atoms with Gasteiger partial charge in [-0.3, -0.25) is 0 Å². The Morgan fingerprint density at radius 3 is 2.81 bits per heavy atom. The van der Waals surface area contributed by atoms with Crippen molar-refractivity contribution >= 4 is 0 Å². The molecule has 1 unspecified atom stereocenters. The molecule has 2 heteroatoms. The zero-order valence-corrected chi connectivity index (χ0v) is 9.88. The number of nitrogens with one attached hydrogen (secondary N) is 1. The van der Waals surface area contributed by atoms with Gasteiger partial charge in [-0.05, 0) is 43.9 Å². The summed E-state index contributed by atoms with van der Waals surface area (Å²) in [4.78, 5) is 0. The largest absolute Gasteiger partial charge is 0.314 e. The van der Waals surface area contributed by atoms with E-state index in [9.17, 15) is 4.39 Å². The van der Waals surface area contributed by atoms with Crippen LogP contribution >= 0.6 is 0 Å². The lowest BCUT2D eigenvalue weighted by molar-refractivity contribution is 0.507. The summed E-state index contributed by atoms with van der Waals surface area (Å²) in [6.45, 7) is 3.19. The first-order chi connectivity index (χ1) is 7.75. The second-order valence-electron chi connectivity index (χ2n) is 4.88. The van der Waals surface area contributed by atoms with Gasteiger partial charge in [-0.15, -0.1) is 0 Å². The van der Waals surface area contributed by atoms with E-state index < -0.39 is 0 Å². The van der Waals surface area contributed by atoms with Crippen LogP contribution < -0.4 is 5.32 Å². The first kappa shape index (κ1) is 11.6. The van der Waals surface area contributed by atoms with Gasteiger partial charge in [0.1, 0.15) is 5.82 Å². The molecule has 1 aromatic rings. The van der Waals surface area contributed by atoms with Crippen molar-refractivity contribution in [2.45, 2.75) is 38.6 Å². The van der Waals surface area contributed by atoms with Gasteiger partial charge in [0.25, 0.3) is 0 Å². The summed E-state index contributed by atoms with van der Waals surface area (Å²) in [6.07, 6.45) is 4.87. The van der Waals surface area contributed by atoms with E-state index >= 15 is 0 Å². The molecule has 0 spiro atoms. The molecule has 1 aromatic carbocycles. The van der Waals surface area contributed by atoms with Crippen molar-refractivity contribution in [3.63, 3.8) is 0 Å². The fraction of sp³-hybridized carbons (Fsp3) is 0.571. The highest BCUT2D eigenvalue weighted by Gasteiger charge is 2.20. The summed E-state index contributed by atoms with van der Waals surface area (Å²) in [5.41, 5.74) is 0.814. The van der Waals surface area contributed by atoms with Crippen molar-refractivity contribution in [3.8, 4) is 0 Å². The lowest BCUT2D eigenvalue weighted by Crippen LogP contribution is -2.29. The summed E-state index contributed by atoms with van der Waals surface area (Å²) in [7, 11) is 0. The van der Waals surface area contributed by atoms with Gasteiger partial charge in [0.15, 0.2) is 0 Å². The Bertz CT molecular complexity index is 333. The lowest BCUT2D eigenvalue weighted by Gasteiger charge is -2.14. The molecule has 2 rings (SSSR count). The molecule has 1 aliphatic rings. The van der Waals surface area contributed by atoms with Crippen molar-refractivity contribution in [2.75, 3.05) is 6.54 Å². The Morgan fingerprint density at radius 2 is 2.12 bits per heavy atom. The van der Waals surface area contributed by atoms with E-state index in [2.05, 4.69) is 12.2 Å². The minimum absolute atomic E-state index is 0.0849. The van der Waals surface area contributed by atoms with E-state index in [1.54, 1.807) is 6.07 Å². The third-order valence-corrected chi connectivity index (χ3v) is 3.23. The van der Waals surface area contributed by atoms with Crippen LogP contribution in [0.15, 0.2) is 24.3 Å². The molecule has 0 aromatic heterocycles. The van der Waals surface area contributed by atoms with Crippen LogP contribution in [0.1, 0.15) is 31.7 Å². The number of hydrogen-bond acceptors (Lipinski definition) is 1. The Labute approximate surface area is 97.1 Å². The molecule has 1 nitrogen and oxygen atoms in total. The third kappa shape index (κ3) is 3.60. The molecule has 0 aliphatic heterocycles. The summed E-state index contributed by atoms with van der Waals surface area (Å²) < 4.78 is 13.4. The standard InChI is InChI=1S/C14H20FN/c1-11(16-9-8-12-6-7-12)10-13-4-2-3-5-14(13)15/h2-5,11-12,16H,6-10H2,1H3. The summed E-state index contributed by atoms with van der Waals surface area (Å²) >= 11 is 0. The summed E-state index contributed by atoms with van der Waals surface area (Å²) in [6, 6.07) is 7.40. The predicted octanol–water partition coefficient (Wildman–Crippen LogP) is 3.15. The third-order valence-electron chi connectivity index (χ3n) is 3.23. The van der Waals surface area contributed by atoms with Crippen LogP contribution in [0.2, 0.25) is 0 Å². The molecule has 1 aliphatic carbocycles. The molecule has 0 bridgehead atoms. The molecule has 0 saturated heterocycles. The Morgan fingerprint density at radius 1 is 1.38 bits per heavy atom. The van der Waals surface area contributed by atoms with Crippen LogP contribution in [0.5, 0.6) is 0 Å². The first-order valence-electron chi connectivity index (χ1n) is 6.22. The maximum atomic E-state index is 13.4. The zero-order valence-electron chi connectivity index (χ0n) is 9.88.